The van der Waals surface area contributed by atoms with Crippen LogP contribution in [0.5, 0.6) is 5.75 Å². The number of hydrogen-bond donors (Lipinski definition) is 3. The van der Waals surface area contributed by atoms with Crippen molar-refractivity contribution in [3.63, 3.8) is 0 Å². The van der Waals surface area contributed by atoms with Gasteiger partial charge in [0.25, 0.3) is 0 Å². The van der Waals surface area contributed by atoms with Gasteiger partial charge in [0.05, 0.1) is 12.8 Å². The number of aromatic hydroxyl groups is 1. The molecule has 0 aliphatic rings. The van der Waals surface area contributed by atoms with Gasteiger partial charge >= 0.3 is 0 Å². The van der Waals surface area contributed by atoms with Crippen LogP contribution in [0, 0.1) is 0 Å². The van der Waals surface area contributed by atoms with E-state index in [1.54, 1.807) is 30.5 Å². The Morgan fingerprint density at radius 2 is 2.20 bits per heavy atom. The quantitative estimate of drug-likeness (QED) is 0.459. The molecular formula is C14H15ClN2O3. The lowest BCUT2D eigenvalue weighted by Gasteiger charge is -2.01. The second kappa shape index (κ2) is 7.25. The van der Waals surface area contributed by atoms with E-state index in [9.17, 15) is 9.90 Å². The Bertz CT molecular complexity index is 594. The third kappa shape index (κ3) is 4.37. The van der Waals surface area contributed by atoms with E-state index >= 15 is 0 Å². The van der Waals surface area contributed by atoms with Crippen molar-refractivity contribution < 1.29 is 14.3 Å². The molecule has 0 saturated carbocycles. The molecule has 0 fully saturated rings. The zero-order chi connectivity index (χ0) is 13.7. The Labute approximate surface area is 122 Å². The number of halogens is 1. The molecule has 1 amide bonds. The molecule has 0 aliphatic heterocycles. The standard InChI is InChI=1S/C14H14N2O3.ClH/c15-11-4-5-13(17)10(8-11)3-6-14(18)16-9-12-2-1-7-19-12;/h1-8,17H,9,15H2,(H,16,18);1H. The predicted octanol–water partition coefficient (Wildman–Crippen LogP) is 2.32. The number of carbonyl (C=O) groups excluding carboxylic acids is 1. The number of nitrogens with one attached hydrogen (secondary N) is 1. The summed E-state index contributed by atoms with van der Waals surface area (Å²) in [6, 6.07) is 8.18. The summed E-state index contributed by atoms with van der Waals surface area (Å²) in [6.07, 6.45) is 4.38. The minimum atomic E-state index is -0.279. The fourth-order valence-corrected chi connectivity index (χ4v) is 1.52. The highest BCUT2D eigenvalue weighted by atomic mass is 35.5. The molecule has 5 nitrogen and oxygen atoms in total. The van der Waals surface area contributed by atoms with Crippen molar-refractivity contribution in [2.24, 2.45) is 0 Å². The number of benzene rings is 1. The third-order valence-electron chi connectivity index (χ3n) is 2.48. The van der Waals surface area contributed by atoms with Crippen LogP contribution in [0.15, 0.2) is 47.1 Å². The first-order valence-corrected chi connectivity index (χ1v) is 5.72. The Morgan fingerprint density at radius 3 is 2.90 bits per heavy atom. The van der Waals surface area contributed by atoms with Crippen LogP contribution in [0.2, 0.25) is 0 Å². The molecule has 0 saturated heterocycles. The molecule has 1 aromatic carbocycles. The van der Waals surface area contributed by atoms with E-state index in [4.69, 9.17) is 10.2 Å². The number of furan rings is 1. The minimum absolute atomic E-state index is 0. The normalized spacial score (nSPS) is 10.2. The molecule has 1 aromatic heterocycles. The monoisotopic (exact) mass is 294 g/mol. The van der Waals surface area contributed by atoms with E-state index < -0.39 is 0 Å². The number of rotatable bonds is 4. The largest absolute Gasteiger partial charge is 0.507 e. The van der Waals surface area contributed by atoms with Crippen molar-refractivity contribution in [1.29, 1.82) is 0 Å². The van der Waals surface area contributed by atoms with Gasteiger partial charge in [-0.05, 0) is 36.4 Å². The maximum absolute atomic E-state index is 11.6. The van der Waals surface area contributed by atoms with Crippen LogP contribution in [-0.2, 0) is 11.3 Å². The number of carbonyl (C=O) groups is 1. The maximum atomic E-state index is 11.6. The zero-order valence-corrected chi connectivity index (χ0v) is 11.4. The molecule has 20 heavy (non-hydrogen) atoms. The number of amides is 1. The Kier molecular flexibility index (Phi) is 5.68. The molecule has 0 spiro atoms. The molecule has 0 atom stereocenters. The smallest absolute Gasteiger partial charge is 0.244 e. The van der Waals surface area contributed by atoms with Crippen molar-refractivity contribution >= 4 is 30.1 Å². The number of phenols is 1. The molecule has 2 aromatic rings. The van der Waals surface area contributed by atoms with Crippen molar-refractivity contribution in [2.75, 3.05) is 5.73 Å². The first kappa shape index (κ1) is 15.7. The van der Waals surface area contributed by atoms with Crippen LogP contribution in [0.1, 0.15) is 11.3 Å². The van der Waals surface area contributed by atoms with Crippen molar-refractivity contribution in [2.45, 2.75) is 6.54 Å². The van der Waals surface area contributed by atoms with Gasteiger partial charge in [-0.2, -0.15) is 0 Å². The van der Waals surface area contributed by atoms with E-state index in [0.29, 0.717) is 23.6 Å². The summed E-state index contributed by atoms with van der Waals surface area (Å²) in [6.45, 7) is 0.319. The summed E-state index contributed by atoms with van der Waals surface area (Å²) < 4.78 is 5.09. The minimum Gasteiger partial charge on any atom is -0.507 e. The van der Waals surface area contributed by atoms with Gasteiger partial charge in [0.2, 0.25) is 5.91 Å². The van der Waals surface area contributed by atoms with Crippen LogP contribution in [0.4, 0.5) is 5.69 Å². The van der Waals surface area contributed by atoms with Crippen LogP contribution in [0.3, 0.4) is 0 Å². The predicted molar refractivity (Wildman–Crippen MR) is 79.4 cm³/mol. The lowest BCUT2D eigenvalue weighted by atomic mass is 10.1. The van der Waals surface area contributed by atoms with Gasteiger partial charge in [-0.15, -0.1) is 12.4 Å². The average Bonchev–Trinajstić information content (AvgIpc) is 2.90. The van der Waals surface area contributed by atoms with Crippen LogP contribution in [0.25, 0.3) is 6.08 Å². The molecule has 0 radical (unpaired) electrons. The first-order valence-electron chi connectivity index (χ1n) is 5.72. The zero-order valence-electron chi connectivity index (χ0n) is 10.6. The molecule has 4 N–H and O–H groups in total. The maximum Gasteiger partial charge on any atom is 0.244 e. The second-order valence-corrected chi connectivity index (χ2v) is 3.95. The summed E-state index contributed by atoms with van der Waals surface area (Å²) in [4.78, 5) is 11.6. The van der Waals surface area contributed by atoms with Crippen molar-refractivity contribution in [1.82, 2.24) is 5.32 Å². The van der Waals surface area contributed by atoms with E-state index in [1.165, 1.54) is 18.2 Å². The van der Waals surface area contributed by atoms with Crippen LogP contribution < -0.4 is 11.1 Å². The topological polar surface area (TPSA) is 88.5 Å². The molecule has 0 bridgehead atoms. The van der Waals surface area contributed by atoms with Gasteiger partial charge in [0.1, 0.15) is 11.5 Å². The van der Waals surface area contributed by atoms with Crippen molar-refractivity contribution in [3.8, 4) is 5.75 Å². The SMILES string of the molecule is Cl.Nc1ccc(O)c(C=CC(=O)NCc2ccco2)c1. The fraction of sp³-hybridized carbons (Fsp3) is 0.0714. The third-order valence-corrected chi connectivity index (χ3v) is 2.48. The highest BCUT2D eigenvalue weighted by molar-refractivity contribution is 5.92. The second-order valence-electron chi connectivity index (χ2n) is 3.95. The van der Waals surface area contributed by atoms with Gasteiger partial charge in [-0.1, -0.05) is 0 Å². The first-order chi connectivity index (χ1) is 9.15. The Hall–Kier alpha value is -2.40. The van der Waals surface area contributed by atoms with E-state index in [2.05, 4.69) is 5.32 Å². The number of phenolic OH excluding ortho intramolecular Hbond substituents is 1. The highest BCUT2D eigenvalue weighted by Crippen LogP contribution is 2.20. The van der Waals surface area contributed by atoms with Crippen LogP contribution in [-0.4, -0.2) is 11.0 Å². The lowest BCUT2D eigenvalue weighted by Crippen LogP contribution is -2.19. The summed E-state index contributed by atoms with van der Waals surface area (Å²) >= 11 is 0. The number of hydrogen-bond acceptors (Lipinski definition) is 4. The molecule has 1 heterocycles. The summed E-state index contributed by atoms with van der Waals surface area (Å²) in [7, 11) is 0. The molecule has 0 aliphatic carbocycles. The van der Waals surface area contributed by atoms with E-state index in [-0.39, 0.29) is 24.1 Å². The fourth-order valence-electron chi connectivity index (χ4n) is 1.52. The highest BCUT2D eigenvalue weighted by Gasteiger charge is 2.01. The average molecular weight is 295 g/mol. The Balaban J connectivity index is 0.00000200. The summed E-state index contributed by atoms with van der Waals surface area (Å²) in [5.74, 6) is 0.469. The van der Waals surface area contributed by atoms with E-state index in [0.717, 1.165) is 0 Å². The van der Waals surface area contributed by atoms with Gasteiger partial charge in [-0.3, -0.25) is 4.79 Å². The van der Waals surface area contributed by atoms with Crippen LogP contribution >= 0.6 is 12.4 Å². The van der Waals surface area contributed by atoms with E-state index in [1.807, 2.05) is 0 Å². The molecule has 0 unspecified atom stereocenters. The summed E-state index contributed by atoms with van der Waals surface area (Å²) in [5.41, 5.74) is 6.61. The van der Waals surface area contributed by atoms with Gasteiger partial charge in [-0.25, -0.2) is 0 Å². The van der Waals surface area contributed by atoms with Gasteiger partial charge in [0.15, 0.2) is 0 Å². The Morgan fingerprint density at radius 1 is 1.40 bits per heavy atom. The number of anilines is 1. The van der Waals surface area contributed by atoms with Crippen molar-refractivity contribution in [3.05, 3.63) is 54.0 Å². The molecule has 2 rings (SSSR count). The molecule has 106 valence electrons. The summed E-state index contributed by atoms with van der Waals surface area (Å²) in [5, 5.41) is 12.2. The lowest BCUT2D eigenvalue weighted by molar-refractivity contribution is -0.116. The van der Waals surface area contributed by atoms with Gasteiger partial charge < -0.3 is 20.6 Å². The number of nitrogen functional groups attached to an aromatic ring is 1. The number of nitrogens with two attached hydrogens (primary N) is 1. The molecule has 6 heteroatoms. The van der Waals surface area contributed by atoms with Gasteiger partial charge in [0, 0.05) is 17.3 Å². The molecular weight excluding hydrogens is 280 g/mol.